The molecule has 1 atom stereocenters. The maximum absolute atomic E-state index is 12.2. The molecule has 19 heavy (non-hydrogen) atoms. The highest BCUT2D eigenvalue weighted by Crippen LogP contribution is 2.21. The van der Waals surface area contributed by atoms with Crippen molar-refractivity contribution in [2.24, 2.45) is 0 Å². The van der Waals surface area contributed by atoms with Gasteiger partial charge in [0.1, 0.15) is 0 Å². The van der Waals surface area contributed by atoms with Gasteiger partial charge in [-0.05, 0) is 31.5 Å². The molecule has 1 aromatic rings. The zero-order valence-electron chi connectivity index (χ0n) is 11.2. The number of hydrogen-bond acceptors (Lipinski definition) is 3. The third kappa shape index (κ3) is 2.89. The van der Waals surface area contributed by atoms with Crippen LogP contribution in [0.25, 0.3) is 0 Å². The van der Waals surface area contributed by atoms with E-state index < -0.39 is 0 Å². The molecule has 0 spiro atoms. The van der Waals surface area contributed by atoms with Crippen molar-refractivity contribution in [2.75, 3.05) is 38.0 Å². The third-order valence-electron chi connectivity index (χ3n) is 4.16. The lowest BCUT2D eigenvalue weighted by Gasteiger charge is -2.37. The molecule has 1 aromatic carbocycles. The van der Waals surface area contributed by atoms with Crippen LogP contribution >= 0.6 is 0 Å². The number of carbonyl (C=O) groups is 1. The number of piperazine rings is 1. The fourth-order valence-electron chi connectivity index (χ4n) is 3.06. The topological polar surface area (TPSA) is 35.6 Å². The van der Waals surface area contributed by atoms with Gasteiger partial charge in [0, 0.05) is 31.4 Å². The molecule has 0 bridgehead atoms. The normalized spacial score (nSPS) is 23.2. The summed E-state index contributed by atoms with van der Waals surface area (Å²) in [4.78, 5) is 16.7. The summed E-state index contributed by atoms with van der Waals surface area (Å²) in [6.07, 6.45) is 2.53. The molecule has 4 heteroatoms. The zero-order valence-corrected chi connectivity index (χ0v) is 11.2. The van der Waals surface area contributed by atoms with Crippen LogP contribution in [0, 0.1) is 0 Å². The van der Waals surface area contributed by atoms with Crippen LogP contribution in [-0.2, 0) is 4.79 Å². The highest BCUT2D eigenvalue weighted by atomic mass is 16.2. The monoisotopic (exact) mass is 259 g/mol. The number of nitrogens with one attached hydrogen (secondary N) is 1. The molecule has 2 heterocycles. The van der Waals surface area contributed by atoms with Crippen LogP contribution in [0.5, 0.6) is 0 Å². The summed E-state index contributed by atoms with van der Waals surface area (Å²) in [6, 6.07) is 10.5. The second kappa shape index (κ2) is 5.61. The van der Waals surface area contributed by atoms with E-state index in [-0.39, 0.29) is 5.91 Å². The van der Waals surface area contributed by atoms with E-state index in [0.29, 0.717) is 12.6 Å². The summed E-state index contributed by atoms with van der Waals surface area (Å²) in [5.41, 5.74) is 1.01. The average molecular weight is 259 g/mol. The van der Waals surface area contributed by atoms with Crippen molar-refractivity contribution >= 4 is 11.6 Å². The highest BCUT2D eigenvalue weighted by Gasteiger charge is 2.32. The van der Waals surface area contributed by atoms with E-state index in [1.807, 2.05) is 35.2 Å². The fourth-order valence-corrected chi connectivity index (χ4v) is 3.06. The number of para-hydroxylation sites is 1. The fraction of sp³-hybridized carbons (Fsp3) is 0.533. The highest BCUT2D eigenvalue weighted by molar-refractivity contribution is 5.81. The van der Waals surface area contributed by atoms with Gasteiger partial charge in [-0.2, -0.15) is 0 Å². The molecule has 4 nitrogen and oxygen atoms in total. The second-order valence-electron chi connectivity index (χ2n) is 5.39. The standard InChI is InChI=1S/C15H21N3O/c19-15(11-16-13-5-2-1-3-6-13)18-10-9-17-8-4-7-14(17)12-18/h1-3,5-6,14,16H,4,7-12H2. The zero-order chi connectivity index (χ0) is 13.1. The molecule has 1 N–H and O–H groups in total. The smallest absolute Gasteiger partial charge is 0.241 e. The van der Waals surface area contributed by atoms with Crippen LogP contribution < -0.4 is 5.32 Å². The molecule has 2 saturated heterocycles. The van der Waals surface area contributed by atoms with Gasteiger partial charge >= 0.3 is 0 Å². The summed E-state index contributed by atoms with van der Waals surface area (Å²) in [5, 5.41) is 3.20. The Labute approximate surface area is 114 Å². The van der Waals surface area contributed by atoms with Gasteiger partial charge in [0.25, 0.3) is 0 Å². The van der Waals surface area contributed by atoms with E-state index >= 15 is 0 Å². The number of hydrogen-bond donors (Lipinski definition) is 1. The Morgan fingerprint density at radius 3 is 2.89 bits per heavy atom. The molecule has 0 saturated carbocycles. The Bertz CT molecular complexity index is 434. The van der Waals surface area contributed by atoms with E-state index in [4.69, 9.17) is 0 Å². The summed E-state index contributed by atoms with van der Waals surface area (Å²) < 4.78 is 0. The van der Waals surface area contributed by atoms with Gasteiger partial charge in [0.2, 0.25) is 5.91 Å². The van der Waals surface area contributed by atoms with Gasteiger partial charge in [0.05, 0.1) is 6.54 Å². The SMILES string of the molecule is O=C(CNc1ccccc1)N1CCN2CCCC2C1. The molecule has 1 amide bonds. The number of benzene rings is 1. The first-order valence-corrected chi connectivity index (χ1v) is 7.14. The van der Waals surface area contributed by atoms with Crippen LogP contribution in [0.1, 0.15) is 12.8 Å². The first-order chi connectivity index (χ1) is 9.33. The molecular formula is C15H21N3O. The minimum absolute atomic E-state index is 0.218. The Morgan fingerprint density at radius 2 is 2.05 bits per heavy atom. The largest absolute Gasteiger partial charge is 0.376 e. The van der Waals surface area contributed by atoms with E-state index in [0.717, 1.165) is 25.3 Å². The van der Waals surface area contributed by atoms with Crippen molar-refractivity contribution in [1.29, 1.82) is 0 Å². The number of carbonyl (C=O) groups excluding carboxylic acids is 1. The molecular weight excluding hydrogens is 238 g/mol. The maximum Gasteiger partial charge on any atom is 0.241 e. The Morgan fingerprint density at radius 1 is 1.21 bits per heavy atom. The molecule has 0 aromatic heterocycles. The first-order valence-electron chi connectivity index (χ1n) is 7.14. The number of amides is 1. The predicted octanol–water partition coefficient (Wildman–Crippen LogP) is 1.41. The van der Waals surface area contributed by atoms with E-state index in [9.17, 15) is 4.79 Å². The quantitative estimate of drug-likeness (QED) is 0.891. The van der Waals surface area contributed by atoms with Gasteiger partial charge in [-0.15, -0.1) is 0 Å². The number of fused-ring (bicyclic) bond motifs is 1. The van der Waals surface area contributed by atoms with Gasteiger partial charge in [-0.1, -0.05) is 18.2 Å². The van der Waals surface area contributed by atoms with Crippen molar-refractivity contribution in [3.05, 3.63) is 30.3 Å². The van der Waals surface area contributed by atoms with Crippen LogP contribution in [0.2, 0.25) is 0 Å². The van der Waals surface area contributed by atoms with Gasteiger partial charge < -0.3 is 10.2 Å². The van der Waals surface area contributed by atoms with Crippen LogP contribution in [-0.4, -0.2) is 54.5 Å². The van der Waals surface area contributed by atoms with Gasteiger partial charge in [0.15, 0.2) is 0 Å². The number of nitrogens with zero attached hydrogens (tertiary/aromatic N) is 2. The summed E-state index contributed by atoms with van der Waals surface area (Å²) in [6.45, 7) is 4.45. The van der Waals surface area contributed by atoms with Gasteiger partial charge in [-0.3, -0.25) is 9.69 Å². The van der Waals surface area contributed by atoms with Crippen molar-refractivity contribution in [1.82, 2.24) is 9.80 Å². The first kappa shape index (κ1) is 12.5. The number of anilines is 1. The predicted molar refractivity (Wildman–Crippen MR) is 76.1 cm³/mol. The molecule has 1 unspecified atom stereocenters. The average Bonchev–Trinajstić information content (AvgIpc) is 2.93. The number of rotatable bonds is 3. The minimum atomic E-state index is 0.218. The van der Waals surface area contributed by atoms with E-state index in [1.54, 1.807) is 0 Å². The molecule has 0 radical (unpaired) electrons. The molecule has 2 fully saturated rings. The van der Waals surface area contributed by atoms with Gasteiger partial charge in [-0.25, -0.2) is 0 Å². The lowest BCUT2D eigenvalue weighted by molar-refractivity contribution is -0.131. The molecule has 3 rings (SSSR count). The summed E-state index contributed by atoms with van der Waals surface area (Å²) in [5.74, 6) is 0.218. The Hall–Kier alpha value is -1.55. The van der Waals surface area contributed by atoms with Crippen LogP contribution in [0.15, 0.2) is 30.3 Å². The minimum Gasteiger partial charge on any atom is -0.376 e. The third-order valence-corrected chi connectivity index (χ3v) is 4.16. The van der Waals surface area contributed by atoms with Crippen LogP contribution in [0.4, 0.5) is 5.69 Å². The van der Waals surface area contributed by atoms with Crippen molar-refractivity contribution < 1.29 is 4.79 Å². The Balaban J connectivity index is 1.50. The molecule has 2 aliphatic heterocycles. The Kier molecular flexibility index (Phi) is 3.69. The van der Waals surface area contributed by atoms with Crippen molar-refractivity contribution in [3.63, 3.8) is 0 Å². The maximum atomic E-state index is 12.2. The van der Waals surface area contributed by atoms with Crippen LogP contribution in [0.3, 0.4) is 0 Å². The molecule has 2 aliphatic rings. The summed E-state index contributed by atoms with van der Waals surface area (Å²) >= 11 is 0. The van der Waals surface area contributed by atoms with E-state index in [2.05, 4.69) is 10.2 Å². The van der Waals surface area contributed by atoms with Crippen molar-refractivity contribution in [3.8, 4) is 0 Å². The summed E-state index contributed by atoms with van der Waals surface area (Å²) in [7, 11) is 0. The second-order valence-corrected chi connectivity index (χ2v) is 5.39. The lowest BCUT2D eigenvalue weighted by atomic mass is 10.1. The van der Waals surface area contributed by atoms with E-state index in [1.165, 1.54) is 19.4 Å². The molecule has 0 aliphatic carbocycles. The lowest BCUT2D eigenvalue weighted by Crippen LogP contribution is -2.53. The van der Waals surface area contributed by atoms with Crippen molar-refractivity contribution in [2.45, 2.75) is 18.9 Å². The molecule has 102 valence electrons.